The summed E-state index contributed by atoms with van der Waals surface area (Å²) in [6.45, 7) is 9.49. The molecule has 0 heterocycles. The van der Waals surface area contributed by atoms with Crippen molar-refractivity contribution < 1.29 is 9.53 Å². The molecule has 0 fully saturated rings. The van der Waals surface area contributed by atoms with Gasteiger partial charge in [0.1, 0.15) is 0 Å². The first kappa shape index (κ1) is 14.5. The largest absolute Gasteiger partial charge is 0.450 e. The minimum Gasteiger partial charge on any atom is -0.450 e. The molecule has 4 heteroatoms. The number of anilines is 1. The molecule has 0 unspecified atom stereocenters. The molecule has 100 valence electrons. The molecule has 1 aromatic rings. The molecular formula is C14H22N2O2. The summed E-state index contributed by atoms with van der Waals surface area (Å²) < 4.78 is 4.82. The van der Waals surface area contributed by atoms with E-state index in [-0.39, 0.29) is 0 Å². The van der Waals surface area contributed by atoms with Crippen molar-refractivity contribution in [2.45, 2.75) is 27.3 Å². The van der Waals surface area contributed by atoms with E-state index in [2.05, 4.69) is 24.1 Å². The van der Waals surface area contributed by atoms with Gasteiger partial charge >= 0.3 is 6.09 Å². The summed E-state index contributed by atoms with van der Waals surface area (Å²) in [5.74, 6) is 0. The molecule has 0 aliphatic heterocycles. The van der Waals surface area contributed by atoms with Gasteiger partial charge in [-0.1, -0.05) is 26.0 Å². The zero-order valence-electron chi connectivity index (χ0n) is 11.4. The second-order valence-corrected chi connectivity index (χ2v) is 4.00. The quantitative estimate of drug-likeness (QED) is 0.843. The third-order valence-electron chi connectivity index (χ3n) is 2.78. The number of ether oxygens (including phenoxy) is 1. The highest BCUT2D eigenvalue weighted by Gasteiger charge is 2.03. The van der Waals surface area contributed by atoms with E-state index in [1.807, 2.05) is 24.3 Å². The Morgan fingerprint density at radius 3 is 2.28 bits per heavy atom. The highest BCUT2D eigenvalue weighted by Crippen LogP contribution is 2.11. The van der Waals surface area contributed by atoms with Crippen LogP contribution >= 0.6 is 0 Å². The first-order chi connectivity index (χ1) is 8.69. The van der Waals surface area contributed by atoms with Gasteiger partial charge < -0.3 is 4.74 Å². The lowest BCUT2D eigenvalue weighted by atomic mass is 10.2. The Hall–Kier alpha value is -1.55. The van der Waals surface area contributed by atoms with Crippen LogP contribution < -0.4 is 5.32 Å². The number of amides is 1. The van der Waals surface area contributed by atoms with E-state index in [1.165, 1.54) is 5.56 Å². The molecule has 0 aliphatic carbocycles. The van der Waals surface area contributed by atoms with Crippen LogP contribution in [0, 0.1) is 0 Å². The van der Waals surface area contributed by atoms with Crippen molar-refractivity contribution in [2.75, 3.05) is 25.0 Å². The number of hydrogen-bond donors (Lipinski definition) is 1. The molecule has 0 saturated carbocycles. The second kappa shape index (κ2) is 7.71. The topological polar surface area (TPSA) is 41.6 Å². The highest BCUT2D eigenvalue weighted by atomic mass is 16.5. The molecule has 1 rings (SSSR count). The van der Waals surface area contributed by atoms with Crippen molar-refractivity contribution >= 4 is 11.8 Å². The number of carbonyl (C=O) groups is 1. The Balaban J connectivity index is 2.54. The average molecular weight is 250 g/mol. The van der Waals surface area contributed by atoms with Gasteiger partial charge in [0.05, 0.1) is 6.61 Å². The summed E-state index contributed by atoms with van der Waals surface area (Å²) >= 11 is 0. The summed E-state index contributed by atoms with van der Waals surface area (Å²) in [4.78, 5) is 13.6. The molecule has 1 aromatic carbocycles. The van der Waals surface area contributed by atoms with Crippen LogP contribution in [-0.2, 0) is 11.3 Å². The Morgan fingerprint density at radius 1 is 1.17 bits per heavy atom. The van der Waals surface area contributed by atoms with Gasteiger partial charge in [-0.25, -0.2) is 4.79 Å². The predicted octanol–water partition coefficient (Wildman–Crippen LogP) is 3.10. The summed E-state index contributed by atoms with van der Waals surface area (Å²) in [5.41, 5.74) is 2.00. The van der Waals surface area contributed by atoms with E-state index >= 15 is 0 Å². The van der Waals surface area contributed by atoms with Crippen molar-refractivity contribution in [1.29, 1.82) is 0 Å². The fraction of sp³-hybridized carbons (Fsp3) is 0.500. The lowest BCUT2D eigenvalue weighted by Crippen LogP contribution is -2.22. The molecule has 0 radical (unpaired) electrons. The molecule has 0 spiro atoms. The summed E-state index contributed by atoms with van der Waals surface area (Å²) in [6, 6.07) is 7.85. The van der Waals surface area contributed by atoms with Gasteiger partial charge in [0.15, 0.2) is 0 Å². The van der Waals surface area contributed by atoms with Crippen LogP contribution in [-0.4, -0.2) is 30.7 Å². The molecule has 1 amide bonds. The van der Waals surface area contributed by atoms with E-state index in [0.717, 1.165) is 25.3 Å². The monoisotopic (exact) mass is 250 g/mol. The summed E-state index contributed by atoms with van der Waals surface area (Å²) in [7, 11) is 0. The summed E-state index contributed by atoms with van der Waals surface area (Å²) in [6.07, 6.45) is -0.408. The molecule has 0 aliphatic rings. The molecule has 1 N–H and O–H groups in total. The third-order valence-corrected chi connectivity index (χ3v) is 2.78. The number of hydrogen-bond acceptors (Lipinski definition) is 3. The number of nitrogens with one attached hydrogen (secondary N) is 1. The van der Waals surface area contributed by atoms with E-state index in [4.69, 9.17) is 4.74 Å². The fourth-order valence-corrected chi connectivity index (χ4v) is 1.68. The van der Waals surface area contributed by atoms with Crippen LogP contribution in [0.15, 0.2) is 24.3 Å². The maximum absolute atomic E-state index is 11.2. The standard InChI is InChI=1S/C14H22N2O2/c1-4-16(5-2)11-12-7-9-13(10-8-12)15-14(17)18-6-3/h7-10H,4-6,11H2,1-3H3,(H,15,17). The van der Waals surface area contributed by atoms with Crippen LogP contribution in [0.25, 0.3) is 0 Å². The van der Waals surface area contributed by atoms with Gasteiger partial charge in [0.2, 0.25) is 0 Å². The molecule has 18 heavy (non-hydrogen) atoms. The van der Waals surface area contributed by atoms with Crippen molar-refractivity contribution in [2.24, 2.45) is 0 Å². The van der Waals surface area contributed by atoms with Crippen LogP contribution in [0.5, 0.6) is 0 Å². The van der Waals surface area contributed by atoms with Gasteiger partial charge in [0.25, 0.3) is 0 Å². The number of carbonyl (C=O) groups excluding carboxylic acids is 1. The Labute approximate surface area is 109 Å². The van der Waals surface area contributed by atoms with Gasteiger partial charge in [-0.15, -0.1) is 0 Å². The first-order valence-electron chi connectivity index (χ1n) is 6.44. The first-order valence-corrected chi connectivity index (χ1v) is 6.44. The lowest BCUT2D eigenvalue weighted by Gasteiger charge is -2.18. The zero-order valence-corrected chi connectivity index (χ0v) is 11.4. The molecule has 4 nitrogen and oxygen atoms in total. The average Bonchev–Trinajstić information content (AvgIpc) is 2.38. The smallest absolute Gasteiger partial charge is 0.411 e. The van der Waals surface area contributed by atoms with Crippen LogP contribution in [0.2, 0.25) is 0 Å². The van der Waals surface area contributed by atoms with Crippen molar-refractivity contribution in [3.8, 4) is 0 Å². The van der Waals surface area contributed by atoms with Crippen LogP contribution in [0.4, 0.5) is 10.5 Å². The van der Waals surface area contributed by atoms with E-state index in [1.54, 1.807) is 6.92 Å². The van der Waals surface area contributed by atoms with Crippen molar-refractivity contribution in [1.82, 2.24) is 4.90 Å². The molecule has 0 saturated heterocycles. The maximum atomic E-state index is 11.2. The Kier molecular flexibility index (Phi) is 6.22. The van der Waals surface area contributed by atoms with Crippen LogP contribution in [0.3, 0.4) is 0 Å². The molecule has 0 aromatic heterocycles. The molecule has 0 bridgehead atoms. The van der Waals surface area contributed by atoms with Gasteiger partial charge in [-0.2, -0.15) is 0 Å². The van der Waals surface area contributed by atoms with E-state index < -0.39 is 6.09 Å². The predicted molar refractivity (Wildman–Crippen MR) is 73.7 cm³/mol. The van der Waals surface area contributed by atoms with Gasteiger partial charge in [0, 0.05) is 12.2 Å². The van der Waals surface area contributed by atoms with E-state index in [9.17, 15) is 4.79 Å². The third kappa shape index (κ3) is 4.75. The van der Waals surface area contributed by atoms with Crippen molar-refractivity contribution in [3.63, 3.8) is 0 Å². The van der Waals surface area contributed by atoms with Gasteiger partial charge in [-0.05, 0) is 37.7 Å². The van der Waals surface area contributed by atoms with Crippen LogP contribution in [0.1, 0.15) is 26.3 Å². The summed E-state index contributed by atoms with van der Waals surface area (Å²) in [5, 5.41) is 2.68. The SMILES string of the molecule is CCOC(=O)Nc1ccc(CN(CC)CC)cc1. The number of benzene rings is 1. The van der Waals surface area contributed by atoms with Crippen molar-refractivity contribution in [3.05, 3.63) is 29.8 Å². The minimum atomic E-state index is -0.408. The number of rotatable bonds is 6. The Morgan fingerprint density at radius 2 is 1.78 bits per heavy atom. The number of nitrogens with zero attached hydrogens (tertiary/aromatic N) is 1. The fourth-order valence-electron chi connectivity index (χ4n) is 1.68. The normalized spacial score (nSPS) is 10.4. The van der Waals surface area contributed by atoms with Gasteiger partial charge in [-0.3, -0.25) is 10.2 Å². The molecule has 0 atom stereocenters. The minimum absolute atomic E-state index is 0.381. The second-order valence-electron chi connectivity index (χ2n) is 4.00. The molecular weight excluding hydrogens is 228 g/mol. The lowest BCUT2D eigenvalue weighted by molar-refractivity contribution is 0.168. The highest BCUT2D eigenvalue weighted by molar-refractivity contribution is 5.84. The zero-order chi connectivity index (χ0) is 13.4. The maximum Gasteiger partial charge on any atom is 0.411 e. The van der Waals surface area contributed by atoms with E-state index in [0.29, 0.717) is 6.61 Å². The Bertz CT molecular complexity index is 359.